The first-order valence-corrected chi connectivity index (χ1v) is 7.99. The van der Waals surface area contributed by atoms with Gasteiger partial charge in [0, 0.05) is 17.3 Å². The third-order valence-electron chi connectivity index (χ3n) is 4.05. The van der Waals surface area contributed by atoms with Crippen molar-refractivity contribution in [3.05, 3.63) is 35.0 Å². The van der Waals surface area contributed by atoms with Crippen molar-refractivity contribution < 1.29 is 24.2 Å². The molecule has 0 aliphatic carbocycles. The molecule has 0 aliphatic rings. The van der Waals surface area contributed by atoms with Gasteiger partial charge in [-0.3, -0.25) is 0 Å². The maximum atomic E-state index is 12.0. The number of esters is 2. The summed E-state index contributed by atoms with van der Waals surface area (Å²) in [6.45, 7) is 2.13. The normalized spacial score (nSPS) is 12.2. The van der Waals surface area contributed by atoms with Crippen molar-refractivity contribution in [3.8, 4) is 0 Å². The highest BCUT2D eigenvalue weighted by atomic mass is 16.5. The number of fused-ring (bicyclic) bond motifs is 1. The second kappa shape index (κ2) is 7.97. The number of rotatable bonds is 7. The Morgan fingerprint density at radius 3 is 2.62 bits per heavy atom. The van der Waals surface area contributed by atoms with Crippen molar-refractivity contribution in [1.82, 2.24) is 4.98 Å². The summed E-state index contributed by atoms with van der Waals surface area (Å²) in [5, 5.41) is 10.8. The number of ether oxygens (including phenoxy) is 2. The molecule has 0 saturated carbocycles. The third kappa shape index (κ3) is 3.76. The van der Waals surface area contributed by atoms with Gasteiger partial charge in [0.1, 0.15) is 5.69 Å². The molecule has 6 nitrogen and oxygen atoms in total. The van der Waals surface area contributed by atoms with E-state index in [1.165, 1.54) is 14.2 Å². The van der Waals surface area contributed by atoms with E-state index in [0.29, 0.717) is 5.56 Å². The van der Waals surface area contributed by atoms with Gasteiger partial charge in [-0.15, -0.1) is 0 Å². The number of nitrogens with one attached hydrogen (secondary N) is 1. The van der Waals surface area contributed by atoms with Crippen LogP contribution in [-0.4, -0.2) is 42.4 Å². The Hall–Kier alpha value is -2.34. The minimum Gasteiger partial charge on any atom is -0.467 e. The van der Waals surface area contributed by atoms with E-state index in [1.807, 2.05) is 18.2 Å². The van der Waals surface area contributed by atoms with Crippen LogP contribution in [0.3, 0.4) is 0 Å². The van der Waals surface area contributed by atoms with E-state index >= 15 is 0 Å². The number of aliphatic hydroxyl groups excluding tert-OH is 1. The second-order valence-electron chi connectivity index (χ2n) is 5.70. The van der Waals surface area contributed by atoms with Gasteiger partial charge in [-0.05, 0) is 36.1 Å². The lowest BCUT2D eigenvalue weighted by Crippen LogP contribution is -2.25. The van der Waals surface area contributed by atoms with Crippen LogP contribution in [0.2, 0.25) is 0 Å². The molecule has 1 aromatic carbocycles. The molecular weight excluding hydrogens is 310 g/mol. The second-order valence-corrected chi connectivity index (χ2v) is 5.70. The summed E-state index contributed by atoms with van der Waals surface area (Å²) < 4.78 is 9.36. The van der Waals surface area contributed by atoms with Crippen LogP contribution in [-0.2, 0) is 27.1 Å². The van der Waals surface area contributed by atoms with Crippen molar-refractivity contribution in [1.29, 1.82) is 0 Å². The monoisotopic (exact) mass is 333 g/mol. The highest BCUT2D eigenvalue weighted by Crippen LogP contribution is 2.26. The first-order chi connectivity index (χ1) is 11.5. The van der Waals surface area contributed by atoms with Crippen LogP contribution in [0.25, 0.3) is 10.9 Å². The third-order valence-corrected chi connectivity index (χ3v) is 4.05. The molecule has 0 radical (unpaired) electrons. The SMILES string of the molecule is CCCCc1ccc2[nH]c(C(=O)OC)c(CC(O)C(=O)OC)c2c1. The number of hydrogen-bond acceptors (Lipinski definition) is 5. The number of unbranched alkanes of at least 4 members (excludes halogenated alkanes) is 1. The number of H-pyrrole nitrogens is 1. The minimum absolute atomic E-state index is 0.0195. The molecule has 0 fully saturated rings. The molecule has 2 rings (SSSR count). The molecule has 1 aromatic heterocycles. The van der Waals surface area contributed by atoms with Crippen LogP contribution in [0, 0.1) is 0 Å². The van der Waals surface area contributed by atoms with E-state index in [2.05, 4.69) is 16.6 Å². The number of hydrogen-bond donors (Lipinski definition) is 2. The molecule has 6 heteroatoms. The molecule has 0 bridgehead atoms. The largest absolute Gasteiger partial charge is 0.467 e. The molecule has 1 unspecified atom stereocenters. The fraction of sp³-hybridized carbons (Fsp3) is 0.444. The highest BCUT2D eigenvalue weighted by molar-refractivity contribution is 5.98. The molecule has 2 N–H and O–H groups in total. The molecular formula is C18H23NO5. The number of carbonyl (C=O) groups is 2. The van der Waals surface area contributed by atoms with Crippen LogP contribution >= 0.6 is 0 Å². The number of methoxy groups -OCH3 is 2. The summed E-state index contributed by atoms with van der Waals surface area (Å²) >= 11 is 0. The van der Waals surface area contributed by atoms with E-state index in [-0.39, 0.29) is 12.1 Å². The Balaban J connectivity index is 2.48. The maximum Gasteiger partial charge on any atom is 0.354 e. The molecule has 0 amide bonds. The van der Waals surface area contributed by atoms with Gasteiger partial charge in [0.25, 0.3) is 0 Å². The van der Waals surface area contributed by atoms with Crippen LogP contribution in [0.1, 0.15) is 41.4 Å². The van der Waals surface area contributed by atoms with Gasteiger partial charge >= 0.3 is 11.9 Å². The Labute approximate surface area is 140 Å². The van der Waals surface area contributed by atoms with Crippen molar-refractivity contribution in [2.75, 3.05) is 14.2 Å². The van der Waals surface area contributed by atoms with E-state index < -0.39 is 18.0 Å². The summed E-state index contributed by atoms with van der Waals surface area (Å²) in [6.07, 6.45) is 1.74. The number of carbonyl (C=O) groups excluding carboxylic acids is 2. The number of aliphatic hydroxyl groups is 1. The average molecular weight is 333 g/mol. The fourth-order valence-electron chi connectivity index (χ4n) is 2.73. The highest BCUT2D eigenvalue weighted by Gasteiger charge is 2.24. The molecule has 24 heavy (non-hydrogen) atoms. The van der Waals surface area contributed by atoms with E-state index in [0.717, 1.165) is 35.7 Å². The van der Waals surface area contributed by atoms with Crippen molar-refractivity contribution >= 4 is 22.8 Å². The zero-order valence-electron chi connectivity index (χ0n) is 14.2. The van der Waals surface area contributed by atoms with Gasteiger partial charge in [-0.25, -0.2) is 9.59 Å². The minimum atomic E-state index is -1.34. The van der Waals surface area contributed by atoms with Crippen LogP contribution < -0.4 is 0 Å². The lowest BCUT2D eigenvalue weighted by molar-refractivity contribution is -0.150. The summed E-state index contributed by atoms with van der Waals surface area (Å²) in [5.41, 5.74) is 2.73. The topological polar surface area (TPSA) is 88.6 Å². The molecule has 1 atom stereocenters. The number of aromatic nitrogens is 1. The standard InChI is InChI=1S/C18H23NO5/c1-4-5-6-11-7-8-14-12(9-11)13(10-15(20)17(21)23-2)16(19-14)18(22)24-3/h7-9,15,19-20H,4-6,10H2,1-3H3. The smallest absolute Gasteiger partial charge is 0.354 e. The van der Waals surface area contributed by atoms with E-state index in [1.54, 1.807) is 0 Å². The molecule has 2 aromatic rings. The first-order valence-electron chi connectivity index (χ1n) is 7.99. The molecule has 0 aliphatic heterocycles. The van der Waals surface area contributed by atoms with Gasteiger partial charge < -0.3 is 19.6 Å². The fourth-order valence-corrected chi connectivity index (χ4v) is 2.73. The summed E-state index contributed by atoms with van der Waals surface area (Å²) in [4.78, 5) is 26.6. The van der Waals surface area contributed by atoms with E-state index in [9.17, 15) is 14.7 Å². The molecule has 0 saturated heterocycles. The van der Waals surface area contributed by atoms with Gasteiger partial charge in [0.2, 0.25) is 0 Å². The van der Waals surface area contributed by atoms with Gasteiger partial charge in [0.05, 0.1) is 14.2 Å². The van der Waals surface area contributed by atoms with Gasteiger partial charge in [0.15, 0.2) is 6.10 Å². The van der Waals surface area contributed by atoms with Crippen LogP contribution in [0.15, 0.2) is 18.2 Å². The van der Waals surface area contributed by atoms with E-state index in [4.69, 9.17) is 4.74 Å². The van der Waals surface area contributed by atoms with Gasteiger partial charge in [-0.1, -0.05) is 19.4 Å². The number of benzene rings is 1. The Morgan fingerprint density at radius 2 is 2.00 bits per heavy atom. The first kappa shape index (κ1) is 18.0. The number of aromatic amines is 1. The zero-order valence-corrected chi connectivity index (χ0v) is 14.2. The van der Waals surface area contributed by atoms with Crippen molar-refractivity contribution in [3.63, 3.8) is 0 Å². The summed E-state index contributed by atoms with van der Waals surface area (Å²) in [7, 11) is 2.51. The summed E-state index contributed by atoms with van der Waals surface area (Å²) in [6, 6.07) is 5.91. The lowest BCUT2D eigenvalue weighted by atomic mass is 10.0. The maximum absolute atomic E-state index is 12.0. The quantitative estimate of drug-likeness (QED) is 0.760. The Bertz CT molecular complexity index is 734. The summed E-state index contributed by atoms with van der Waals surface area (Å²) in [5.74, 6) is -1.27. The van der Waals surface area contributed by atoms with Gasteiger partial charge in [-0.2, -0.15) is 0 Å². The molecule has 0 spiro atoms. The van der Waals surface area contributed by atoms with Crippen molar-refractivity contribution in [2.45, 2.75) is 38.7 Å². The lowest BCUT2D eigenvalue weighted by Gasteiger charge is -2.09. The molecule has 1 heterocycles. The Morgan fingerprint density at radius 1 is 1.25 bits per heavy atom. The molecule has 130 valence electrons. The number of aryl methyl sites for hydroxylation is 1. The van der Waals surface area contributed by atoms with Crippen molar-refractivity contribution in [2.24, 2.45) is 0 Å². The average Bonchev–Trinajstić information content (AvgIpc) is 2.96. The predicted molar refractivity (Wildman–Crippen MR) is 90.0 cm³/mol. The predicted octanol–water partition coefficient (Wildman–Crippen LogP) is 2.37. The van der Waals surface area contributed by atoms with Crippen LogP contribution in [0.5, 0.6) is 0 Å². The van der Waals surface area contributed by atoms with Crippen LogP contribution in [0.4, 0.5) is 0 Å². The zero-order chi connectivity index (χ0) is 17.7. The Kier molecular flexibility index (Phi) is 5.98.